The number of nitrogens with two attached hydrogens (primary N) is 1. The van der Waals surface area contributed by atoms with Gasteiger partial charge >= 0.3 is 6.03 Å². The Labute approximate surface area is 573 Å². The molecule has 0 saturated carbocycles. The van der Waals surface area contributed by atoms with Crippen LogP contribution in [-0.4, -0.2) is 261 Å². The second kappa shape index (κ2) is 41.3. The second-order valence-electron chi connectivity index (χ2n) is 26.9. The van der Waals surface area contributed by atoms with Gasteiger partial charge in [0.2, 0.25) is 47.3 Å². The summed E-state index contributed by atoms with van der Waals surface area (Å²) in [6, 6.07) is 1.89. The van der Waals surface area contributed by atoms with E-state index >= 15 is 4.79 Å². The van der Waals surface area contributed by atoms with E-state index in [1.807, 2.05) is 36.9 Å². The summed E-state index contributed by atoms with van der Waals surface area (Å²) in [5.41, 5.74) is 6.02. The first-order valence-electron chi connectivity index (χ1n) is 34.5. The van der Waals surface area contributed by atoms with Crippen molar-refractivity contribution in [2.24, 2.45) is 35.3 Å². The summed E-state index contributed by atoms with van der Waals surface area (Å²) in [5.74, 6) is -6.68. The fourth-order valence-corrected chi connectivity index (χ4v) is 12.9. The summed E-state index contributed by atoms with van der Waals surface area (Å²) < 4.78 is 23.9. The number of primary amides is 1. The molecule has 28 heteroatoms. The second-order valence-corrected chi connectivity index (χ2v) is 26.9. The average Bonchev–Trinajstić information content (AvgIpc) is 1.78. The Morgan fingerprint density at radius 1 is 0.680 bits per heavy atom. The smallest absolute Gasteiger partial charge is 0.312 e. The Kier molecular flexibility index (Phi) is 35.1. The van der Waals surface area contributed by atoms with Gasteiger partial charge < -0.3 is 76.0 Å². The molecule has 0 aromatic heterocycles. The molecule has 2 saturated heterocycles. The van der Waals surface area contributed by atoms with Crippen LogP contribution in [0, 0.1) is 29.6 Å². The van der Waals surface area contributed by atoms with Crippen LogP contribution in [0.2, 0.25) is 0 Å². The number of nitrogens with one attached hydrogen (secondary N) is 5. The van der Waals surface area contributed by atoms with Gasteiger partial charge in [0, 0.05) is 106 Å². The molecule has 2 fully saturated rings. The molecule has 97 heavy (non-hydrogen) atoms. The number of carbonyl (C=O) groups is 11. The topological polar surface area (TPSA) is 351 Å². The molecular formula is C69H114N12O16. The highest BCUT2D eigenvalue weighted by atomic mass is 16.5. The lowest BCUT2D eigenvalue weighted by Gasteiger charge is -2.41. The van der Waals surface area contributed by atoms with Gasteiger partial charge in [-0.2, -0.15) is 0 Å². The zero-order valence-corrected chi connectivity index (χ0v) is 59.9. The van der Waals surface area contributed by atoms with E-state index < -0.39 is 132 Å². The van der Waals surface area contributed by atoms with Gasteiger partial charge in [0.25, 0.3) is 11.8 Å². The number of ether oxygens (including phenoxy) is 4. The number of rotatable bonds is 36. The van der Waals surface area contributed by atoms with Gasteiger partial charge in [-0.15, -0.1) is 0 Å². The van der Waals surface area contributed by atoms with Crippen molar-refractivity contribution in [3.8, 4) is 0 Å². The van der Waals surface area contributed by atoms with Gasteiger partial charge in [0.1, 0.15) is 24.2 Å². The summed E-state index contributed by atoms with van der Waals surface area (Å²) in [6.07, 6.45) is 2.36. The molecule has 3 heterocycles. The first-order chi connectivity index (χ1) is 46.0. The minimum Gasteiger partial charge on any atom is -0.386 e. The molecule has 28 nitrogen and oxygen atoms in total. The van der Waals surface area contributed by atoms with Crippen molar-refractivity contribution in [3.05, 3.63) is 48.0 Å². The van der Waals surface area contributed by atoms with Crippen LogP contribution in [0.25, 0.3) is 0 Å². The molecule has 4 rings (SSSR count). The Morgan fingerprint density at radius 3 is 1.85 bits per heavy atom. The van der Waals surface area contributed by atoms with Crippen molar-refractivity contribution in [3.63, 3.8) is 0 Å². The maximum Gasteiger partial charge on any atom is 0.312 e. The summed E-state index contributed by atoms with van der Waals surface area (Å²) in [4.78, 5) is 159. The Hall–Kier alpha value is -7.11. The van der Waals surface area contributed by atoms with E-state index in [1.165, 1.54) is 43.2 Å². The van der Waals surface area contributed by atoms with Gasteiger partial charge in [-0.05, 0) is 68.3 Å². The number of benzene rings is 1. The molecule has 3 aliphatic rings. The monoisotopic (exact) mass is 1370 g/mol. The predicted molar refractivity (Wildman–Crippen MR) is 363 cm³/mol. The summed E-state index contributed by atoms with van der Waals surface area (Å²) in [6.45, 7) is 21.5. The van der Waals surface area contributed by atoms with Crippen molar-refractivity contribution in [1.82, 2.24) is 56.0 Å². The quantitative estimate of drug-likeness (QED) is 0.0374. The van der Waals surface area contributed by atoms with Crippen LogP contribution in [0.5, 0.6) is 0 Å². The van der Waals surface area contributed by atoms with Crippen LogP contribution in [-0.2, 0) is 66.9 Å². The number of aliphatic hydroxyl groups excluding tert-OH is 1. The molecular weight excluding hydrogens is 1250 g/mol. The van der Waals surface area contributed by atoms with Crippen LogP contribution in [0.15, 0.2) is 42.5 Å². The lowest BCUT2D eigenvalue weighted by atomic mass is 9.89. The van der Waals surface area contributed by atoms with Crippen LogP contribution in [0.1, 0.15) is 139 Å². The Bertz CT molecular complexity index is 2740. The number of amides is 12. The number of likely N-dealkylation sites (N-methyl/N-ethyl adjacent to an activating group) is 2. The van der Waals surface area contributed by atoms with Gasteiger partial charge in [0.05, 0.1) is 75.2 Å². The van der Waals surface area contributed by atoms with E-state index in [0.717, 1.165) is 4.90 Å². The highest BCUT2D eigenvalue weighted by Gasteiger charge is 2.44. The molecule has 0 aliphatic carbocycles. The van der Waals surface area contributed by atoms with E-state index in [1.54, 1.807) is 84.4 Å². The molecule has 0 bridgehead atoms. The molecule has 546 valence electrons. The first-order valence-corrected chi connectivity index (χ1v) is 34.5. The summed E-state index contributed by atoms with van der Waals surface area (Å²) >= 11 is 0. The minimum absolute atomic E-state index is 0.00150. The van der Waals surface area contributed by atoms with E-state index in [9.17, 15) is 53.1 Å². The van der Waals surface area contributed by atoms with Crippen molar-refractivity contribution in [2.45, 2.75) is 188 Å². The molecule has 8 N–H and O–H groups in total. The van der Waals surface area contributed by atoms with E-state index in [2.05, 4.69) is 26.6 Å². The number of urea groups is 1. The van der Waals surface area contributed by atoms with Crippen LogP contribution in [0.4, 0.5) is 4.79 Å². The average molecular weight is 1370 g/mol. The van der Waals surface area contributed by atoms with E-state index in [0.29, 0.717) is 83.7 Å². The van der Waals surface area contributed by atoms with Crippen molar-refractivity contribution >= 4 is 65.1 Å². The predicted octanol–water partition coefficient (Wildman–Crippen LogP) is 2.12. The zero-order chi connectivity index (χ0) is 72.2. The van der Waals surface area contributed by atoms with Crippen molar-refractivity contribution < 1.29 is 76.8 Å². The molecule has 1 aromatic rings. The standard InChI is InChI=1S/C69H114N12O16/c1-15-46(8)61(52(94-13)42-57(86)80-31-20-25-51(80)63(95-14)47(9)64(88)72-48(10)62(87)49-22-17-16-18-23-49)77(12)68(92)59(44(4)5)75-66(90)60(45(6)7)76(11)67(91)50(24-19-30-71-69(70)93)73-65(89)58(43(2)3)74-53(82)29-33-78-34-38-96-40-36-79(37-41-97-39-35-78)54(83)26-21-32-81-55(84)27-28-56(81)85/h16-18,22-23,27-28,43-48,50-52,58-63,87H,15,19-21,24-26,29-42H2,1-14H3,(H,72,88)(H,73,89)(H,74,82)(H,75,90)(H3,70,71,93)/t46-,47+,48+,50-,51+,52+,58-,59-,60-,61-,62+,63+/m0/s1. The maximum absolute atomic E-state index is 15.0. The van der Waals surface area contributed by atoms with E-state index in [-0.39, 0.29) is 82.0 Å². The highest BCUT2D eigenvalue weighted by Crippen LogP contribution is 2.31. The highest BCUT2D eigenvalue weighted by molar-refractivity contribution is 6.12. The maximum atomic E-state index is 15.0. The van der Waals surface area contributed by atoms with Crippen LogP contribution in [0.3, 0.4) is 0 Å². The first kappa shape index (κ1) is 82.3. The number of hydrogen-bond acceptors (Lipinski definition) is 17. The minimum atomic E-state index is -1.25. The molecule has 3 aliphatic heterocycles. The molecule has 12 amide bonds. The molecule has 0 radical (unpaired) electrons. The third-order valence-corrected chi connectivity index (χ3v) is 18.8. The fraction of sp³-hybridized carbons (Fsp3) is 0.725. The Morgan fingerprint density at radius 2 is 1.29 bits per heavy atom. The molecule has 0 spiro atoms. The molecule has 1 aromatic carbocycles. The summed E-state index contributed by atoms with van der Waals surface area (Å²) in [7, 11) is 6.07. The largest absolute Gasteiger partial charge is 0.386 e. The SMILES string of the molecule is CC[C@H](C)[C@@H]([C@@H](CC(=O)N1CCC[C@@H]1[C@H](OC)[C@@H](C)C(=O)N[C@H](C)[C@@H](O)c1ccccc1)OC)N(C)C(=O)[C@@H](NC(=O)[C@H](C(C)C)N(C)C(=O)[C@H](CCCNC(N)=O)NC(=O)[C@@H](NC(=O)CCN1CCOCCN(C(=O)CCCN2C(=O)C=CC2=O)CCOCC1)C(C)C)C(C)C. The van der Waals surface area contributed by atoms with Crippen molar-refractivity contribution in [1.29, 1.82) is 0 Å². The van der Waals surface area contributed by atoms with E-state index in [4.69, 9.17) is 24.7 Å². The van der Waals surface area contributed by atoms with Gasteiger partial charge in [0.15, 0.2) is 0 Å². The lowest BCUT2D eigenvalue weighted by molar-refractivity contribution is -0.149. The van der Waals surface area contributed by atoms with Crippen LogP contribution >= 0.6 is 0 Å². The molecule has 0 unspecified atom stereocenters. The zero-order valence-electron chi connectivity index (χ0n) is 59.9. The molecule has 12 atom stereocenters. The number of nitrogens with zero attached hydrogens (tertiary/aromatic N) is 6. The van der Waals surface area contributed by atoms with Gasteiger partial charge in [-0.3, -0.25) is 57.7 Å². The normalized spacial score (nSPS) is 19.3. The number of hydrogen-bond donors (Lipinski definition) is 7. The van der Waals surface area contributed by atoms with Gasteiger partial charge in [-0.1, -0.05) is 99.1 Å². The number of imide groups is 1. The number of carbonyl (C=O) groups excluding carboxylic acids is 11. The number of methoxy groups -OCH3 is 2. The van der Waals surface area contributed by atoms with Crippen molar-refractivity contribution in [2.75, 3.05) is 107 Å². The third kappa shape index (κ3) is 25.0. The lowest BCUT2D eigenvalue weighted by Crippen LogP contribution is -2.62. The van der Waals surface area contributed by atoms with Gasteiger partial charge in [-0.25, -0.2) is 4.79 Å². The summed E-state index contributed by atoms with van der Waals surface area (Å²) in [5, 5.41) is 25.1. The third-order valence-electron chi connectivity index (χ3n) is 18.8. The Balaban J connectivity index is 1.42. The number of aliphatic hydroxyl groups is 1. The fourth-order valence-electron chi connectivity index (χ4n) is 12.9. The van der Waals surface area contributed by atoms with Crippen LogP contribution < -0.4 is 32.3 Å². The number of likely N-dealkylation sites (tertiary alicyclic amines) is 1.